The number of hydrogen-bond donors (Lipinski definition) is 2. The molecular formula is C16H23N3O2. The van der Waals surface area contributed by atoms with Gasteiger partial charge in [0.2, 0.25) is 0 Å². The van der Waals surface area contributed by atoms with E-state index in [1.165, 1.54) is 19.3 Å². The van der Waals surface area contributed by atoms with E-state index in [1.807, 2.05) is 29.2 Å². The lowest BCUT2D eigenvalue weighted by Gasteiger charge is -2.25. The van der Waals surface area contributed by atoms with Crippen molar-refractivity contribution >= 4 is 11.9 Å². The topological polar surface area (TPSA) is 75.4 Å². The van der Waals surface area contributed by atoms with Gasteiger partial charge in [0.1, 0.15) is 0 Å². The highest BCUT2D eigenvalue weighted by atomic mass is 16.2. The second kappa shape index (κ2) is 7.67. The molecule has 5 heteroatoms. The van der Waals surface area contributed by atoms with Gasteiger partial charge in [0.15, 0.2) is 0 Å². The summed E-state index contributed by atoms with van der Waals surface area (Å²) >= 11 is 0. The summed E-state index contributed by atoms with van der Waals surface area (Å²) in [5, 5.41) is 2.53. The normalized spacial score (nSPS) is 15.9. The van der Waals surface area contributed by atoms with E-state index in [0.29, 0.717) is 12.1 Å². The zero-order valence-corrected chi connectivity index (χ0v) is 12.3. The molecule has 1 aromatic rings. The van der Waals surface area contributed by atoms with Crippen LogP contribution in [-0.4, -0.2) is 29.9 Å². The third kappa shape index (κ3) is 4.77. The number of urea groups is 1. The SMILES string of the molecule is NC(=O)NCc1ccc(C(=O)N2CCCCCCC2)cc1. The molecule has 0 atom stereocenters. The Morgan fingerprint density at radius 3 is 2.14 bits per heavy atom. The lowest BCUT2D eigenvalue weighted by Crippen LogP contribution is -2.33. The summed E-state index contributed by atoms with van der Waals surface area (Å²) in [6, 6.07) is 6.80. The quantitative estimate of drug-likeness (QED) is 0.895. The third-order valence-electron chi connectivity index (χ3n) is 3.81. The van der Waals surface area contributed by atoms with Gasteiger partial charge in [-0.1, -0.05) is 31.4 Å². The molecule has 0 radical (unpaired) electrons. The largest absolute Gasteiger partial charge is 0.352 e. The van der Waals surface area contributed by atoms with Gasteiger partial charge >= 0.3 is 6.03 Å². The lowest BCUT2D eigenvalue weighted by atomic mass is 10.1. The maximum atomic E-state index is 12.5. The first-order chi connectivity index (χ1) is 10.2. The van der Waals surface area contributed by atoms with Gasteiger partial charge in [0, 0.05) is 25.2 Å². The molecule has 0 unspecified atom stereocenters. The summed E-state index contributed by atoms with van der Waals surface area (Å²) in [6.07, 6.45) is 5.88. The minimum absolute atomic E-state index is 0.103. The molecule has 0 aliphatic carbocycles. The van der Waals surface area contributed by atoms with Crippen LogP contribution in [0.1, 0.15) is 48.0 Å². The maximum Gasteiger partial charge on any atom is 0.312 e. The van der Waals surface area contributed by atoms with E-state index in [4.69, 9.17) is 5.73 Å². The van der Waals surface area contributed by atoms with Crippen LogP contribution in [-0.2, 0) is 6.54 Å². The van der Waals surface area contributed by atoms with Crippen LogP contribution in [0.4, 0.5) is 4.79 Å². The lowest BCUT2D eigenvalue weighted by molar-refractivity contribution is 0.0742. The second-order valence-electron chi connectivity index (χ2n) is 5.47. The molecular weight excluding hydrogens is 266 g/mol. The molecule has 0 saturated carbocycles. The Bertz CT molecular complexity index is 477. The Balaban J connectivity index is 1.96. The third-order valence-corrected chi connectivity index (χ3v) is 3.81. The number of carbonyl (C=O) groups is 2. The minimum Gasteiger partial charge on any atom is -0.352 e. The zero-order chi connectivity index (χ0) is 15.1. The number of likely N-dealkylation sites (tertiary alicyclic amines) is 1. The van der Waals surface area contributed by atoms with E-state index in [9.17, 15) is 9.59 Å². The summed E-state index contributed by atoms with van der Waals surface area (Å²) in [4.78, 5) is 25.1. The van der Waals surface area contributed by atoms with Gasteiger partial charge in [-0.05, 0) is 30.5 Å². The van der Waals surface area contributed by atoms with Crippen LogP contribution in [0, 0.1) is 0 Å². The molecule has 1 aromatic carbocycles. The summed E-state index contributed by atoms with van der Waals surface area (Å²) < 4.78 is 0. The van der Waals surface area contributed by atoms with E-state index in [2.05, 4.69) is 5.32 Å². The van der Waals surface area contributed by atoms with E-state index in [1.54, 1.807) is 0 Å². The van der Waals surface area contributed by atoms with Gasteiger partial charge in [-0.2, -0.15) is 0 Å². The van der Waals surface area contributed by atoms with Gasteiger partial charge < -0.3 is 16.0 Å². The van der Waals surface area contributed by atoms with Crippen molar-refractivity contribution in [3.63, 3.8) is 0 Å². The van der Waals surface area contributed by atoms with Gasteiger partial charge in [-0.15, -0.1) is 0 Å². The minimum atomic E-state index is -0.546. The molecule has 0 bridgehead atoms. The average molecular weight is 289 g/mol. The standard InChI is InChI=1S/C16H23N3O2/c17-16(21)18-12-13-6-8-14(9-7-13)15(20)19-10-4-2-1-3-5-11-19/h6-9H,1-5,10-12H2,(H3,17,18,21). The number of benzene rings is 1. The number of amides is 3. The van der Waals surface area contributed by atoms with E-state index in [-0.39, 0.29) is 5.91 Å². The summed E-state index contributed by atoms with van der Waals surface area (Å²) in [5.74, 6) is 0.103. The van der Waals surface area contributed by atoms with Gasteiger partial charge in [0.25, 0.3) is 5.91 Å². The highest BCUT2D eigenvalue weighted by Crippen LogP contribution is 2.14. The molecule has 1 fully saturated rings. The fraction of sp³-hybridized carbons (Fsp3) is 0.500. The van der Waals surface area contributed by atoms with Crippen LogP contribution in [0.5, 0.6) is 0 Å². The van der Waals surface area contributed by atoms with Crippen molar-refractivity contribution in [3.8, 4) is 0 Å². The van der Waals surface area contributed by atoms with Crippen molar-refractivity contribution in [2.24, 2.45) is 5.73 Å². The molecule has 1 heterocycles. The molecule has 0 aromatic heterocycles. The van der Waals surface area contributed by atoms with Gasteiger partial charge in [-0.3, -0.25) is 4.79 Å². The summed E-state index contributed by atoms with van der Waals surface area (Å²) in [7, 11) is 0. The Kier molecular flexibility index (Phi) is 5.60. The first-order valence-corrected chi connectivity index (χ1v) is 7.58. The molecule has 1 aliphatic rings. The summed E-state index contributed by atoms with van der Waals surface area (Å²) in [6.45, 7) is 2.08. The van der Waals surface area contributed by atoms with Crippen LogP contribution >= 0.6 is 0 Å². The number of nitrogens with one attached hydrogen (secondary N) is 1. The number of hydrogen-bond acceptors (Lipinski definition) is 2. The first-order valence-electron chi connectivity index (χ1n) is 7.58. The Hall–Kier alpha value is -2.04. The van der Waals surface area contributed by atoms with Crippen molar-refractivity contribution in [1.29, 1.82) is 0 Å². The number of rotatable bonds is 3. The molecule has 3 amide bonds. The fourth-order valence-corrected chi connectivity index (χ4v) is 2.59. The van der Waals surface area contributed by atoms with Crippen molar-refractivity contribution in [3.05, 3.63) is 35.4 Å². The van der Waals surface area contributed by atoms with Crippen molar-refractivity contribution in [1.82, 2.24) is 10.2 Å². The van der Waals surface area contributed by atoms with Gasteiger partial charge in [-0.25, -0.2) is 4.79 Å². The van der Waals surface area contributed by atoms with Crippen LogP contribution in [0.25, 0.3) is 0 Å². The van der Waals surface area contributed by atoms with E-state index in [0.717, 1.165) is 31.5 Å². The average Bonchev–Trinajstić information content (AvgIpc) is 2.45. The Labute approximate surface area is 125 Å². The van der Waals surface area contributed by atoms with Gasteiger partial charge in [0.05, 0.1) is 0 Å². The molecule has 3 N–H and O–H groups in total. The number of nitrogens with zero attached hydrogens (tertiary/aromatic N) is 1. The van der Waals surface area contributed by atoms with Crippen molar-refractivity contribution in [2.75, 3.05) is 13.1 Å². The smallest absolute Gasteiger partial charge is 0.312 e. The molecule has 21 heavy (non-hydrogen) atoms. The molecule has 0 spiro atoms. The second-order valence-corrected chi connectivity index (χ2v) is 5.47. The van der Waals surface area contributed by atoms with Crippen molar-refractivity contribution in [2.45, 2.75) is 38.6 Å². The van der Waals surface area contributed by atoms with E-state index >= 15 is 0 Å². The van der Waals surface area contributed by atoms with Crippen LogP contribution in [0.3, 0.4) is 0 Å². The maximum absolute atomic E-state index is 12.5. The zero-order valence-electron chi connectivity index (χ0n) is 12.3. The van der Waals surface area contributed by atoms with E-state index < -0.39 is 6.03 Å². The Morgan fingerprint density at radius 2 is 1.57 bits per heavy atom. The fourth-order valence-electron chi connectivity index (χ4n) is 2.59. The molecule has 2 rings (SSSR count). The number of nitrogens with two attached hydrogens (primary N) is 1. The van der Waals surface area contributed by atoms with Crippen LogP contribution in [0.15, 0.2) is 24.3 Å². The first kappa shape index (κ1) is 15.4. The monoisotopic (exact) mass is 289 g/mol. The highest BCUT2D eigenvalue weighted by Gasteiger charge is 2.16. The molecule has 5 nitrogen and oxygen atoms in total. The number of primary amides is 1. The summed E-state index contributed by atoms with van der Waals surface area (Å²) in [5.41, 5.74) is 6.67. The molecule has 1 aliphatic heterocycles. The predicted molar refractivity (Wildman–Crippen MR) is 81.9 cm³/mol. The van der Waals surface area contributed by atoms with Crippen LogP contribution < -0.4 is 11.1 Å². The molecule has 1 saturated heterocycles. The van der Waals surface area contributed by atoms with Crippen molar-refractivity contribution < 1.29 is 9.59 Å². The molecule has 114 valence electrons. The van der Waals surface area contributed by atoms with Crippen LogP contribution in [0.2, 0.25) is 0 Å². The Morgan fingerprint density at radius 1 is 1.00 bits per heavy atom. The predicted octanol–water partition coefficient (Wildman–Crippen LogP) is 2.26. The highest BCUT2D eigenvalue weighted by molar-refractivity contribution is 5.94. The number of carbonyl (C=O) groups excluding carboxylic acids is 2.